The largest absolute Gasteiger partial charge is 0.506 e. The first-order valence-electron chi connectivity index (χ1n) is 6.56. The lowest BCUT2D eigenvalue weighted by atomic mass is 9.94. The van der Waals surface area contributed by atoms with Gasteiger partial charge in [0.2, 0.25) is 0 Å². The Morgan fingerprint density at radius 2 is 2.28 bits per heavy atom. The molecule has 4 nitrogen and oxygen atoms in total. The van der Waals surface area contributed by atoms with E-state index in [1.165, 1.54) is 25.9 Å². The van der Waals surface area contributed by atoms with Gasteiger partial charge in [-0.2, -0.15) is 0 Å². The smallest absolute Gasteiger partial charge is 0.137 e. The molecule has 0 aliphatic carbocycles. The zero-order valence-electron chi connectivity index (χ0n) is 10.7. The minimum Gasteiger partial charge on any atom is -0.506 e. The van der Waals surface area contributed by atoms with Crippen LogP contribution in [0.1, 0.15) is 18.5 Å². The molecule has 1 N–H and O–H groups in total. The zero-order valence-corrected chi connectivity index (χ0v) is 10.7. The number of hydrogen-bond donors (Lipinski definition) is 1. The fourth-order valence-corrected chi connectivity index (χ4v) is 2.87. The molecular weight excluding hydrogens is 226 g/mol. The summed E-state index contributed by atoms with van der Waals surface area (Å²) in [7, 11) is 2.19. The van der Waals surface area contributed by atoms with Gasteiger partial charge in [0.15, 0.2) is 0 Å². The van der Waals surface area contributed by atoms with Crippen LogP contribution in [0.25, 0.3) is 5.65 Å². The minimum atomic E-state index is 0.281. The summed E-state index contributed by atoms with van der Waals surface area (Å²) in [6.45, 7) is 2.38. The lowest BCUT2D eigenvalue weighted by Crippen LogP contribution is -2.33. The second-order valence-electron chi connectivity index (χ2n) is 5.36. The summed E-state index contributed by atoms with van der Waals surface area (Å²) in [4.78, 5) is 7.00. The quantitative estimate of drug-likeness (QED) is 0.879. The fourth-order valence-electron chi connectivity index (χ4n) is 2.87. The van der Waals surface area contributed by atoms with Crippen LogP contribution >= 0.6 is 0 Å². The van der Waals surface area contributed by atoms with Crippen molar-refractivity contribution in [2.75, 3.05) is 20.1 Å². The highest BCUT2D eigenvalue weighted by Crippen LogP contribution is 2.20. The summed E-state index contributed by atoms with van der Waals surface area (Å²) in [6, 6.07) is 3.53. The van der Waals surface area contributed by atoms with Gasteiger partial charge in [-0.1, -0.05) is 0 Å². The molecule has 18 heavy (non-hydrogen) atoms. The fraction of sp³-hybridized carbons (Fsp3) is 0.500. The summed E-state index contributed by atoms with van der Waals surface area (Å²) in [5.41, 5.74) is 2.04. The molecule has 1 aliphatic rings. The van der Waals surface area contributed by atoms with Crippen LogP contribution in [0.2, 0.25) is 0 Å². The van der Waals surface area contributed by atoms with Crippen molar-refractivity contribution in [1.29, 1.82) is 0 Å². The highest BCUT2D eigenvalue weighted by Gasteiger charge is 2.18. The number of aromatic nitrogens is 2. The Balaban J connectivity index is 1.78. The molecule has 1 aliphatic heterocycles. The molecule has 3 rings (SSSR count). The van der Waals surface area contributed by atoms with E-state index in [9.17, 15) is 5.11 Å². The molecule has 1 saturated heterocycles. The number of imidazole rings is 1. The van der Waals surface area contributed by atoms with Gasteiger partial charge in [-0.05, 0) is 50.9 Å². The van der Waals surface area contributed by atoms with Crippen LogP contribution in [-0.2, 0) is 6.42 Å². The van der Waals surface area contributed by atoms with E-state index >= 15 is 0 Å². The molecule has 0 spiro atoms. The molecule has 1 unspecified atom stereocenters. The van der Waals surface area contributed by atoms with Crippen LogP contribution in [0.4, 0.5) is 0 Å². The van der Waals surface area contributed by atoms with E-state index in [2.05, 4.69) is 16.9 Å². The average molecular weight is 245 g/mol. The van der Waals surface area contributed by atoms with Gasteiger partial charge in [0, 0.05) is 12.7 Å². The van der Waals surface area contributed by atoms with Crippen molar-refractivity contribution >= 4 is 5.65 Å². The highest BCUT2D eigenvalue weighted by atomic mass is 16.3. The molecule has 0 bridgehead atoms. The first-order valence-corrected chi connectivity index (χ1v) is 6.56. The Morgan fingerprint density at radius 1 is 1.39 bits per heavy atom. The summed E-state index contributed by atoms with van der Waals surface area (Å²) >= 11 is 0. The molecule has 0 amide bonds. The number of aromatic hydroxyl groups is 1. The predicted octanol–water partition coefficient (Wildman–Crippen LogP) is 1.92. The van der Waals surface area contributed by atoms with Crippen LogP contribution in [0.15, 0.2) is 24.5 Å². The Bertz CT molecular complexity index is 549. The Morgan fingerprint density at radius 3 is 3.11 bits per heavy atom. The third kappa shape index (κ3) is 2.34. The van der Waals surface area contributed by atoms with Gasteiger partial charge in [-0.3, -0.25) is 0 Å². The van der Waals surface area contributed by atoms with E-state index in [-0.39, 0.29) is 5.75 Å². The molecule has 96 valence electrons. The molecule has 0 aromatic carbocycles. The topological polar surface area (TPSA) is 40.8 Å². The van der Waals surface area contributed by atoms with Gasteiger partial charge in [-0.25, -0.2) is 4.98 Å². The maximum atomic E-state index is 9.44. The first-order chi connectivity index (χ1) is 8.70. The number of rotatable bonds is 2. The summed E-state index contributed by atoms with van der Waals surface area (Å²) in [6.07, 6.45) is 7.36. The van der Waals surface area contributed by atoms with Crippen molar-refractivity contribution in [3.63, 3.8) is 0 Å². The first kappa shape index (κ1) is 11.5. The molecule has 2 aromatic heterocycles. The average Bonchev–Trinajstić information content (AvgIpc) is 2.70. The van der Waals surface area contributed by atoms with Gasteiger partial charge in [-0.15, -0.1) is 0 Å². The van der Waals surface area contributed by atoms with E-state index in [0.717, 1.165) is 17.8 Å². The molecule has 1 fully saturated rings. The normalized spacial score (nSPS) is 21.5. The van der Waals surface area contributed by atoms with Gasteiger partial charge < -0.3 is 14.4 Å². The number of pyridine rings is 1. The minimum absolute atomic E-state index is 0.281. The van der Waals surface area contributed by atoms with E-state index in [1.807, 2.05) is 16.7 Å². The van der Waals surface area contributed by atoms with E-state index in [0.29, 0.717) is 5.92 Å². The Labute approximate surface area is 107 Å². The van der Waals surface area contributed by atoms with Crippen LogP contribution in [0.5, 0.6) is 5.75 Å². The van der Waals surface area contributed by atoms with E-state index < -0.39 is 0 Å². The molecule has 0 saturated carbocycles. The van der Waals surface area contributed by atoms with Crippen molar-refractivity contribution in [3.8, 4) is 5.75 Å². The van der Waals surface area contributed by atoms with Crippen molar-refractivity contribution in [1.82, 2.24) is 14.3 Å². The summed E-state index contributed by atoms with van der Waals surface area (Å²) < 4.78 is 1.90. The van der Waals surface area contributed by atoms with Gasteiger partial charge >= 0.3 is 0 Å². The second kappa shape index (κ2) is 4.61. The maximum absolute atomic E-state index is 9.44. The molecule has 4 heteroatoms. The number of piperidine rings is 1. The Kier molecular flexibility index (Phi) is 2.96. The lowest BCUT2D eigenvalue weighted by molar-refractivity contribution is 0.208. The van der Waals surface area contributed by atoms with Crippen molar-refractivity contribution in [3.05, 3.63) is 30.2 Å². The molecular formula is C14H19N3O. The lowest BCUT2D eigenvalue weighted by Gasteiger charge is -2.29. The molecule has 3 heterocycles. The van der Waals surface area contributed by atoms with Crippen molar-refractivity contribution in [2.24, 2.45) is 5.92 Å². The van der Waals surface area contributed by atoms with Gasteiger partial charge in [0.05, 0.1) is 11.9 Å². The standard InChI is InChI=1S/C14H19N3O/c1-16-6-2-3-11(8-16)7-12-9-17-10-13(18)4-5-14(17)15-12/h4-5,9-11,18H,2-3,6-8H2,1H3. The molecule has 2 aromatic rings. The summed E-state index contributed by atoms with van der Waals surface area (Å²) in [5.74, 6) is 0.992. The van der Waals surface area contributed by atoms with Crippen molar-refractivity contribution in [2.45, 2.75) is 19.3 Å². The third-order valence-corrected chi connectivity index (χ3v) is 3.71. The number of fused-ring (bicyclic) bond motifs is 1. The number of hydrogen-bond acceptors (Lipinski definition) is 3. The maximum Gasteiger partial charge on any atom is 0.137 e. The number of likely N-dealkylation sites (tertiary alicyclic amines) is 1. The zero-order chi connectivity index (χ0) is 12.5. The van der Waals surface area contributed by atoms with Gasteiger partial charge in [0.1, 0.15) is 11.4 Å². The van der Waals surface area contributed by atoms with Crippen LogP contribution in [-0.4, -0.2) is 39.5 Å². The SMILES string of the molecule is CN1CCCC(Cc2cn3cc(O)ccc3n2)C1. The van der Waals surface area contributed by atoms with E-state index in [4.69, 9.17) is 0 Å². The van der Waals surface area contributed by atoms with Crippen LogP contribution in [0, 0.1) is 5.92 Å². The monoisotopic (exact) mass is 245 g/mol. The molecule has 1 atom stereocenters. The van der Waals surface area contributed by atoms with Crippen LogP contribution in [0.3, 0.4) is 0 Å². The van der Waals surface area contributed by atoms with Crippen LogP contribution < -0.4 is 0 Å². The number of nitrogens with zero attached hydrogens (tertiary/aromatic N) is 3. The van der Waals surface area contributed by atoms with Crippen molar-refractivity contribution < 1.29 is 5.11 Å². The van der Waals surface area contributed by atoms with Gasteiger partial charge in [0.25, 0.3) is 0 Å². The van der Waals surface area contributed by atoms with E-state index in [1.54, 1.807) is 12.3 Å². The highest BCUT2D eigenvalue weighted by molar-refractivity contribution is 5.42. The predicted molar refractivity (Wildman–Crippen MR) is 70.8 cm³/mol. The third-order valence-electron chi connectivity index (χ3n) is 3.71. The Hall–Kier alpha value is -1.55. The second-order valence-corrected chi connectivity index (χ2v) is 5.36. The summed E-state index contributed by atoms with van der Waals surface area (Å²) in [5, 5.41) is 9.44. The molecule has 0 radical (unpaired) electrons.